The molecule has 1 aromatic carbocycles. The molecule has 20 heavy (non-hydrogen) atoms. The predicted molar refractivity (Wildman–Crippen MR) is 82.9 cm³/mol. The van der Waals surface area contributed by atoms with E-state index in [-0.39, 0.29) is 0 Å². The molecule has 0 bridgehead atoms. The Labute approximate surface area is 122 Å². The molecular weight excluding hydrogens is 252 g/mol. The molecule has 2 rings (SSSR count). The zero-order chi connectivity index (χ0) is 14.5. The summed E-state index contributed by atoms with van der Waals surface area (Å²) in [7, 11) is 2.18. The molecule has 2 unspecified atom stereocenters. The third kappa shape index (κ3) is 3.57. The highest BCUT2D eigenvalue weighted by molar-refractivity contribution is 5.55. The van der Waals surface area contributed by atoms with Crippen LogP contribution in [0.5, 0.6) is 11.5 Å². The van der Waals surface area contributed by atoms with Crippen molar-refractivity contribution in [1.82, 2.24) is 4.90 Å². The van der Waals surface area contributed by atoms with Crippen molar-refractivity contribution >= 4 is 5.69 Å². The highest BCUT2D eigenvalue weighted by Crippen LogP contribution is 2.31. The van der Waals surface area contributed by atoms with Gasteiger partial charge >= 0.3 is 0 Å². The van der Waals surface area contributed by atoms with Crippen LogP contribution in [-0.2, 0) is 0 Å². The molecule has 1 N–H and O–H groups in total. The molecular formula is C16H26N2O2. The molecule has 2 atom stereocenters. The Morgan fingerprint density at radius 3 is 2.50 bits per heavy atom. The van der Waals surface area contributed by atoms with Gasteiger partial charge in [-0.3, -0.25) is 0 Å². The van der Waals surface area contributed by atoms with Crippen LogP contribution in [0.3, 0.4) is 0 Å². The molecule has 4 nitrogen and oxygen atoms in total. The molecule has 1 heterocycles. The van der Waals surface area contributed by atoms with E-state index in [0.29, 0.717) is 25.3 Å². The lowest BCUT2D eigenvalue weighted by atomic mass is 10.2. The minimum atomic E-state index is 0.502. The summed E-state index contributed by atoms with van der Waals surface area (Å²) in [5.41, 5.74) is 1.10. The normalized spacial score (nSPS) is 22.8. The quantitative estimate of drug-likeness (QED) is 0.867. The second-order valence-corrected chi connectivity index (χ2v) is 5.39. The van der Waals surface area contributed by atoms with Crippen LogP contribution < -0.4 is 14.8 Å². The first-order valence-electron chi connectivity index (χ1n) is 7.50. The fourth-order valence-corrected chi connectivity index (χ4v) is 2.67. The monoisotopic (exact) mass is 278 g/mol. The van der Waals surface area contributed by atoms with E-state index < -0.39 is 0 Å². The lowest BCUT2D eigenvalue weighted by Gasteiger charge is -2.17. The summed E-state index contributed by atoms with van der Waals surface area (Å²) in [5, 5.41) is 3.59. The maximum atomic E-state index is 5.66. The summed E-state index contributed by atoms with van der Waals surface area (Å²) in [6.45, 7) is 8.62. The molecule has 1 aliphatic rings. The van der Waals surface area contributed by atoms with Crippen LogP contribution in [0.15, 0.2) is 18.2 Å². The third-order valence-corrected chi connectivity index (χ3v) is 3.80. The summed E-state index contributed by atoms with van der Waals surface area (Å²) in [4.78, 5) is 2.38. The summed E-state index contributed by atoms with van der Waals surface area (Å²) < 4.78 is 11.2. The largest absolute Gasteiger partial charge is 0.490 e. The number of rotatable bonds is 6. The van der Waals surface area contributed by atoms with Crippen molar-refractivity contribution < 1.29 is 9.47 Å². The van der Waals surface area contributed by atoms with E-state index in [1.54, 1.807) is 0 Å². The number of anilines is 1. The van der Waals surface area contributed by atoms with Crippen molar-refractivity contribution in [2.75, 3.05) is 32.1 Å². The first-order chi connectivity index (χ1) is 9.63. The molecule has 0 amide bonds. The average Bonchev–Trinajstić information content (AvgIpc) is 2.72. The van der Waals surface area contributed by atoms with E-state index in [1.807, 2.05) is 26.0 Å². The van der Waals surface area contributed by atoms with E-state index in [1.165, 1.54) is 6.42 Å². The van der Waals surface area contributed by atoms with Gasteiger partial charge in [-0.1, -0.05) is 0 Å². The smallest absolute Gasteiger partial charge is 0.163 e. The molecule has 1 saturated heterocycles. The van der Waals surface area contributed by atoms with Crippen molar-refractivity contribution in [3.63, 3.8) is 0 Å². The van der Waals surface area contributed by atoms with Gasteiger partial charge in [0, 0.05) is 30.4 Å². The number of benzene rings is 1. The van der Waals surface area contributed by atoms with E-state index in [2.05, 4.69) is 30.3 Å². The van der Waals surface area contributed by atoms with Gasteiger partial charge in [0.25, 0.3) is 0 Å². The first-order valence-corrected chi connectivity index (χ1v) is 7.50. The maximum absolute atomic E-state index is 5.66. The van der Waals surface area contributed by atoms with Gasteiger partial charge in [-0.15, -0.1) is 0 Å². The summed E-state index contributed by atoms with van der Waals surface area (Å²) in [6.07, 6.45) is 1.17. The Hall–Kier alpha value is -1.42. The van der Waals surface area contributed by atoms with Crippen LogP contribution in [0.4, 0.5) is 5.69 Å². The van der Waals surface area contributed by atoms with Crippen LogP contribution >= 0.6 is 0 Å². The van der Waals surface area contributed by atoms with Gasteiger partial charge < -0.3 is 19.7 Å². The Bertz CT molecular complexity index is 426. The van der Waals surface area contributed by atoms with Crippen LogP contribution in [-0.4, -0.2) is 43.8 Å². The zero-order valence-electron chi connectivity index (χ0n) is 13.0. The molecule has 0 aromatic heterocycles. The van der Waals surface area contributed by atoms with Crippen molar-refractivity contribution in [2.24, 2.45) is 0 Å². The number of ether oxygens (including phenoxy) is 2. The standard InChI is InChI=1S/C16H26N2O2/c1-5-19-15-8-7-13(10-16(15)20-6-2)17-14-9-12(3)18(4)11-14/h7-8,10,12,14,17H,5-6,9,11H2,1-4H3. The molecule has 0 spiro atoms. The maximum Gasteiger partial charge on any atom is 0.163 e. The molecule has 112 valence electrons. The van der Waals surface area contributed by atoms with Gasteiger partial charge in [-0.05, 0) is 46.4 Å². The van der Waals surface area contributed by atoms with E-state index in [0.717, 1.165) is 23.7 Å². The molecule has 4 heteroatoms. The first kappa shape index (κ1) is 15.0. The van der Waals surface area contributed by atoms with Gasteiger partial charge in [-0.25, -0.2) is 0 Å². The van der Waals surface area contributed by atoms with Gasteiger partial charge in [0.15, 0.2) is 11.5 Å². The van der Waals surface area contributed by atoms with E-state index >= 15 is 0 Å². The number of nitrogens with one attached hydrogen (secondary N) is 1. The lowest BCUT2D eigenvalue weighted by Crippen LogP contribution is -2.24. The Morgan fingerprint density at radius 1 is 1.20 bits per heavy atom. The number of likely N-dealkylation sites (N-methyl/N-ethyl adjacent to an activating group) is 1. The Morgan fingerprint density at radius 2 is 1.90 bits per heavy atom. The number of likely N-dealkylation sites (tertiary alicyclic amines) is 1. The van der Waals surface area contributed by atoms with E-state index in [9.17, 15) is 0 Å². The second-order valence-electron chi connectivity index (χ2n) is 5.39. The SMILES string of the molecule is CCOc1ccc(NC2CC(C)N(C)C2)cc1OCC. The van der Waals surface area contributed by atoms with Crippen molar-refractivity contribution in [3.05, 3.63) is 18.2 Å². The summed E-state index contributed by atoms with van der Waals surface area (Å²) in [5.74, 6) is 1.63. The summed E-state index contributed by atoms with van der Waals surface area (Å²) in [6, 6.07) is 7.23. The van der Waals surface area contributed by atoms with Gasteiger partial charge in [0.2, 0.25) is 0 Å². The Balaban J connectivity index is 2.06. The second kappa shape index (κ2) is 6.84. The fraction of sp³-hybridized carbons (Fsp3) is 0.625. The molecule has 0 aliphatic carbocycles. The molecule has 1 aliphatic heterocycles. The van der Waals surface area contributed by atoms with Crippen LogP contribution in [0.25, 0.3) is 0 Å². The van der Waals surface area contributed by atoms with E-state index in [4.69, 9.17) is 9.47 Å². The lowest BCUT2D eigenvalue weighted by molar-refractivity contribution is 0.288. The summed E-state index contributed by atoms with van der Waals surface area (Å²) >= 11 is 0. The minimum Gasteiger partial charge on any atom is -0.490 e. The number of nitrogens with zero attached hydrogens (tertiary/aromatic N) is 1. The van der Waals surface area contributed by atoms with Crippen LogP contribution in [0, 0.1) is 0 Å². The number of hydrogen-bond donors (Lipinski definition) is 1. The molecule has 1 fully saturated rings. The minimum absolute atomic E-state index is 0.502. The van der Waals surface area contributed by atoms with Crippen molar-refractivity contribution in [2.45, 2.75) is 39.3 Å². The van der Waals surface area contributed by atoms with Gasteiger partial charge in [-0.2, -0.15) is 0 Å². The highest BCUT2D eigenvalue weighted by Gasteiger charge is 2.25. The Kier molecular flexibility index (Phi) is 5.12. The van der Waals surface area contributed by atoms with Crippen LogP contribution in [0.1, 0.15) is 27.2 Å². The van der Waals surface area contributed by atoms with Crippen molar-refractivity contribution in [3.8, 4) is 11.5 Å². The van der Waals surface area contributed by atoms with Gasteiger partial charge in [0.1, 0.15) is 0 Å². The highest BCUT2D eigenvalue weighted by atomic mass is 16.5. The predicted octanol–water partition coefficient (Wildman–Crippen LogP) is 2.99. The molecule has 0 saturated carbocycles. The third-order valence-electron chi connectivity index (χ3n) is 3.80. The zero-order valence-corrected chi connectivity index (χ0v) is 13.0. The molecule has 0 radical (unpaired) electrons. The van der Waals surface area contributed by atoms with Crippen molar-refractivity contribution in [1.29, 1.82) is 0 Å². The van der Waals surface area contributed by atoms with Crippen LogP contribution in [0.2, 0.25) is 0 Å². The van der Waals surface area contributed by atoms with Gasteiger partial charge in [0.05, 0.1) is 13.2 Å². The number of hydrogen-bond acceptors (Lipinski definition) is 4. The fourth-order valence-electron chi connectivity index (χ4n) is 2.67. The average molecular weight is 278 g/mol. The molecule has 1 aromatic rings. The topological polar surface area (TPSA) is 33.7 Å².